The van der Waals surface area contributed by atoms with Gasteiger partial charge in [0.05, 0.1) is 6.61 Å². The van der Waals surface area contributed by atoms with E-state index in [9.17, 15) is 0 Å². The Morgan fingerprint density at radius 2 is 2.15 bits per heavy atom. The molecule has 1 heteroatoms. The van der Waals surface area contributed by atoms with Crippen molar-refractivity contribution in [2.45, 2.75) is 32.6 Å². The van der Waals surface area contributed by atoms with E-state index in [1.807, 2.05) is 0 Å². The van der Waals surface area contributed by atoms with E-state index in [1.54, 1.807) is 0 Å². The summed E-state index contributed by atoms with van der Waals surface area (Å²) in [5.74, 6) is 1.09. The SMILES string of the molecule is CCc1ccc2c(c1)OCC2(C)C. The second-order valence-electron chi connectivity index (χ2n) is 4.36. The molecule has 1 aromatic rings. The van der Waals surface area contributed by atoms with Crippen LogP contribution in [0.1, 0.15) is 31.9 Å². The Morgan fingerprint density at radius 3 is 2.85 bits per heavy atom. The van der Waals surface area contributed by atoms with Gasteiger partial charge in [0, 0.05) is 11.0 Å². The lowest BCUT2D eigenvalue weighted by atomic mass is 9.86. The van der Waals surface area contributed by atoms with Crippen LogP contribution in [0.3, 0.4) is 0 Å². The molecule has 0 fully saturated rings. The van der Waals surface area contributed by atoms with Crippen LogP contribution in [0.25, 0.3) is 0 Å². The van der Waals surface area contributed by atoms with Gasteiger partial charge in [0.2, 0.25) is 0 Å². The number of rotatable bonds is 1. The van der Waals surface area contributed by atoms with Crippen LogP contribution >= 0.6 is 0 Å². The van der Waals surface area contributed by atoms with Crippen molar-refractivity contribution in [1.82, 2.24) is 0 Å². The summed E-state index contributed by atoms with van der Waals surface area (Å²) < 4.78 is 5.66. The fourth-order valence-corrected chi connectivity index (χ4v) is 1.80. The molecule has 0 N–H and O–H groups in total. The quantitative estimate of drug-likeness (QED) is 0.639. The van der Waals surface area contributed by atoms with Gasteiger partial charge in [-0.3, -0.25) is 0 Å². The van der Waals surface area contributed by atoms with Gasteiger partial charge in [-0.15, -0.1) is 0 Å². The lowest BCUT2D eigenvalue weighted by molar-refractivity contribution is 0.291. The third-order valence-corrected chi connectivity index (χ3v) is 2.77. The molecule has 0 aliphatic carbocycles. The van der Waals surface area contributed by atoms with Crippen LogP contribution in [0.4, 0.5) is 0 Å². The summed E-state index contributed by atoms with van der Waals surface area (Å²) in [6, 6.07) is 6.58. The average Bonchev–Trinajstić information content (AvgIpc) is 2.42. The van der Waals surface area contributed by atoms with Gasteiger partial charge >= 0.3 is 0 Å². The molecule has 0 saturated carbocycles. The molecule has 2 rings (SSSR count). The van der Waals surface area contributed by atoms with E-state index in [2.05, 4.69) is 39.0 Å². The Kier molecular flexibility index (Phi) is 1.83. The van der Waals surface area contributed by atoms with E-state index in [0.29, 0.717) is 0 Å². The van der Waals surface area contributed by atoms with Gasteiger partial charge in [-0.25, -0.2) is 0 Å². The highest BCUT2D eigenvalue weighted by molar-refractivity contribution is 5.45. The first-order valence-corrected chi connectivity index (χ1v) is 4.90. The van der Waals surface area contributed by atoms with Crippen molar-refractivity contribution < 1.29 is 4.74 Å². The maximum atomic E-state index is 5.66. The molecule has 1 aliphatic rings. The number of hydrogen-bond acceptors (Lipinski definition) is 1. The minimum absolute atomic E-state index is 0.196. The van der Waals surface area contributed by atoms with Crippen molar-refractivity contribution in [2.24, 2.45) is 0 Å². The van der Waals surface area contributed by atoms with Crippen molar-refractivity contribution in [3.8, 4) is 5.75 Å². The summed E-state index contributed by atoms with van der Waals surface area (Å²) in [6.45, 7) is 7.44. The molecule has 0 spiro atoms. The number of hydrogen-bond donors (Lipinski definition) is 0. The summed E-state index contributed by atoms with van der Waals surface area (Å²) in [6.07, 6.45) is 1.08. The standard InChI is InChI=1S/C12H16O/c1-4-9-5-6-10-11(7-9)13-8-12(10,2)3/h5-7H,4,8H2,1-3H3. The third-order valence-electron chi connectivity index (χ3n) is 2.77. The number of benzene rings is 1. The van der Waals surface area contributed by atoms with Gasteiger partial charge in [-0.1, -0.05) is 32.9 Å². The van der Waals surface area contributed by atoms with Crippen molar-refractivity contribution in [3.63, 3.8) is 0 Å². The molecule has 70 valence electrons. The highest BCUT2D eigenvalue weighted by Crippen LogP contribution is 2.38. The largest absolute Gasteiger partial charge is 0.492 e. The molecule has 1 heterocycles. The summed E-state index contributed by atoms with van der Waals surface area (Å²) in [5, 5.41) is 0. The van der Waals surface area contributed by atoms with Gasteiger partial charge in [0.15, 0.2) is 0 Å². The first-order chi connectivity index (χ1) is 6.13. The third kappa shape index (κ3) is 1.32. The molecule has 0 unspecified atom stereocenters. The Bertz CT molecular complexity index is 326. The van der Waals surface area contributed by atoms with Crippen LogP contribution in [-0.4, -0.2) is 6.61 Å². The Morgan fingerprint density at radius 1 is 1.38 bits per heavy atom. The van der Waals surface area contributed by atoms with E-state index < -0.39 is 0 Å². The van der Waals surface area contributed by atoms with Crippen molar-refractivity contribution in [2.75, 3.05) is 6.61 Å². The van der Waals surface area contributed by atoms with Crippen molar-refractivity contribution >= 4 is 0 Å². The molecule has 0 radical (unpaired) electrons. The van der Waals surface area contributed by atoms with E-state index in [1.165, 1.54) is 11.1 Å². The fourth-order valence-electron chi connectivity index (χ4n) is 1.80. The Hall–Kier alpha value is -0.980. The van der Waals surface area contributed by atoms with Crippen LogP contribution < -0.4 is 4.74 Å². The second kappa shape index (κ2) is 2.76. The van der Waals surface area contributed by atoms with Gasteiger partial charge in [0.1, 0.15) is 5.75 Å². The van der Waals surface area contributed by atoms with E-state index in [0.717, 1.165) is 18.8 Å². The molecular weight excluding hydrogens is 160 g/mol. The minimum atomic E-state index is 0.196. The zero-order valence-corrected chi connectivity index (χ0v) is 8.55. The van der Waals surface area contributed by atoms with Gasteiger partial charge in [-0.05, 0) is 18.1 Å². The van der Waals surface area contributed by atoms with Gasteiger partial charge in [0.25, 0.3) is 0 Å². The predicted molar refractivity (Wildman–Crippen MR) is 54.3 cm³/mol. The first kappa shape index (κ1) is 8.61. The van der Waals surface area contributed by atoms with Crippen LogP contribution in [0.2, 0.25) is 0 Å². The van der Waals surface area contributed by atoms with Crippen molar-refractivity contribution in [1.29, 1.82) is 0 Å². The van der Waals surface area contributed by atoms with E-state index in [4.69, 9.17) is 4.74 Å². The molecule has 0 bridgehead atoms. The highest BCUT2D eigenvalue weighted by atomic mass is 16.5. The Labute approximate surface area is 79.7 Å². The summed E-state index contributed by atoms with van der Waals surface area (Å²) >= 11 is 0. The average molecular weight is 176 g/mol. The topological polar surface area (TPSA) is 9.23 Å². The molecule has 1 nitrogen and oxygen atoms in total. The number of fused-ring (bicyclic) bond motifs is 1. The summed E-state index contributed by atoms with van der Waals surface area (Å²) in [4.78, 5) is 0. The Balaban J connectivity index is 2.46. The molecule has 0 aromatic heterocycles. The molecular formula is C12H16O. The van der Waals surface area contributed by atoms with Crippen LogP contribution in [0.15, 0.2) is 18.2 Å². The lowest BCUT2D eigenvalue weighted by Crippen LogP contribution is -2.18. The smallest absolute Gasteiger partial charge is 0.123 e. The zero-order chi connectivity index (χ0) is 9.47. The molecule has 1 aliphatic heterocycles. The normalized spacial score (nSPS) is 18.1. The van der Waals surface area contributed by atoms with Crippen LogP contribution in [0.5, 0.6) is 5.75 Å². The van der Waals surface area contributed by atoms with E-state index >= 15 is 0 Å². The molecule has 0 atom stereocenters. The highest BCUT2D eigenvalue weighted by Gasteiger charge is 2.31. The molecule has 1 aromatic carbocycles. The predicted octanol–water partition coefficient (Wildman–Crippen LogP) is 2.92. The zero-order valence-electron chi connectivity index (χ0n) is 8.55. The number of aryl methyl sites for hydroxylation is 1. The minimum Gasteiger partial charge on any atom is -0.492 e. The van der Waals surface area contributed by atoms with Gasteiger partial charge < -0.3 is 4.74 Å². The molecule has 13 heavy (non-hydrogen) atoms. The van der Waals surface area contributed by atoms with Crippen LogP contribution in [0, 0.1) is 0 Å². The van der Waals surface area contributed by atoms with Gasteiger partial charge in [-0.2, -0.15) is 0 Å². The molecule has 0 amide bonds. The lowest BCUT2D eigenvalue weighted by Gasteiger charge is -2.14. The van der Waals surface area contributed by atoms with Crippen molar-refractivity contribution in [3.05, 3.63) is 29.3 Å². The molecule has 0 saturated heterocycles. The fraction of sp³-hybridized carbons (Fsp3) is 0.500. The first-order valence-electron chi connectivity index (χ1n) is 4.90. The summed E-state index contributed by atoms with van der Waals surface area (Å²) in [7, 11) is 0. The maximum absolute atomic E-state index is 5.66. The van der Waals surface area contributed by atoms with E-state index in [-0.39, 0.29) is 5.41 Å². The number of ether oxygens (including phenoxy) is 1. The monoisotopic (exact) mass is 176 g/mol. The second-order valence-corrected chi connectivity index (χ2v) is 4.36. The van der Waals surface area contributed by atoms with Crippen LogP contribution in [-0.2, 0) is 11.8 Å². The maximum Gasteiger partial charge on any atom is 0.123 e. The summed E-state index contributed by atoms with van der Waals surface area (Å²) in [5.41, 5.74) is 2.91.